The summed E-state index contributed by atoms with van der Waals surface area (Å²) in [5, 5.41) is 6.10. The number of hydrogen-bond acceptors (Lipinski definition) is 7. The van der Waals surface area contributed by atoms with Gasteiger partial charge in [0.15, 0.2) is 0 Å². The molecule has 3 N–H and O–H groups in total. The normalized spacial score (nSPS) is 10.9. The van der Waals surface area contributed by atoms with Crippen molar-refractivity contribution in [3.63, 3.8) is 0 Å². The monoisotopic (exact) mass is 461 g/mol. The lowest BCUT2D eigenvalue weighted by atomic mass is 10.2. The van der Waals surface area contributed by atoms with Crippen LogP contribution in [0.4, 0.5) is 22.0 Å². The van der Waals surface area contributed by atoms with Gasteiger partial charge in [-0.3, -0.25) is 0 Å². The molecule has 33 heavy (non-hydrogen) atoms. The van der Waals surface area contributed by atoms with E-state index in [1.54, 1.807) is 37.6 Å². The third-order valence-corrected chi connectivity index (χ3v) is 5.07. The highest BCUT2D eigenvalue weighted by Crippen LogP contribution is 2.31. The number of halogens is 2. The number of pyridine rings is 1. The molecule has 3 heterocycles. The molecule has 0 saturated heterocycles. The maximum absolute atomic E-state index is 13.7. The van der Waals surface area contributed by atoms with E-state index in [-0.39, 0.29) is 5.02 Å². The lowest BCUT2D eigenvalue weighted by Crippen LogP contribution is -1.98. The SMILES string of the molecule is CNc1nccc(-c2cccnc2Oc2ccc(Nc3nc4cc(Cl)c(F)cc4[nH]3)cc2)n1. The van der Waals surface area contributed by atoms with Crippen LogP contribution in [0.15, 0.2) is 67.0 Å². The quantitative estimate of drug-likeness (QED) is 0.294. The second-order valence-electron chi connectivity index (χ2n) is 6.99. The Labute approximate surface area is 192 Å². The summed E-state index contributed by atoms with van der Waals surface area (Å²) in [6, 6.07) is 15.6. The number of benzene rings is 2. The summed E-state index contributed by atoms with van der Waals surface area (Å²) in [6.45, 7) is 0. The highest BCUT2D eigenvalue weighted by Gasteiger charge is 2.12. The number of hydrogen-bond donors (Lipinski definition) is 3. The number of rotatable bonds is 6. The molecule has 5 rings (SSSR count). The molecular formula is C23H17ClFN7O. The lowest BCUT2D eigenvalue weighted by Gasteiger charge is -2.11. The molecule has 0 aliphatic rings. The first-order valence-corrected chi connectivity index (χ1v) is 10.3. The zero-order valence-corrected chi connectivity index (χ0v) is 18.1. The summed E-state index contributed by atoms with van der Waals surface area (Å²) in [6.07, 6.45) is 3.33. The number of aromatic nitrogens is 5. The van der Waals surface area contributed by atoms with Gasteiger partial charge in [-0.15, -0.1) is 0 Å². The van der Waals surface area contributed by atoms with E-state index in [4.69, 9.17) is 16.3 Å². The highest BCUT2D eigenvalue weighted by molar-refractivity contribution is 6.31. The maximum atomic E-state index is 13.7. The maximum Gasteiger partial charge on any atom is 0.228 e. The van der Waals surface area contributed by atoms with Gasteiger partial charge in [-0.2, -0.15) is 0 Å². The molecule has 0 bridgehead atoms. The average molecular weight is 462 g/mol. The van der Waals surface area contributed by atoms with Gasteiger partial charge in [0.05, 0.1) is 27.3 Å². The third kappa shape index (κ3) is 4.39. The smallest absolute Gasteiger partial charge is 0.228 e. The Bertz CT molecular complexity index is 1400. The van der Waals surface area contributed by atoms with Crippen LogP contribution in [-0.2, 0) is 0 Å². The Hall–Kier alpha value is -4.24. The van der Waals surface area contributed by atoms with E-state index in [9.17, 15) is 4.39 Å². The van der Waals surface area contributed by atoms with E-state index in [0.29, 0.717) is 40.3 Å². The van der Waals surface area contributed by atoms with Crippen molar-refractivity contribution in [2.45, 2.75) is 0 Å². The second kappa shape index (κ2) is 8.71. The number of ether oxygens (including phenoxy) is 1. The molecule has 0 unspecified atom stereocenters. The number of fused-ring (bicyclic) bond motifs is 1. The number of nitrogens with one attached hydrogen (secondary N) is 3. The van der Waals surface area contributed by atoms with Crippen LogP contribution in [-0.4, -0.2) is 32.0 Å². The van der Waals surface area contributed by atoms with Crippen LogP contribution >= 0.6 is 11.6 Å². The van der Waals surface area contributed by atoms with E-state index in [1.807, 2.05) is 24.3 Å². The van der Waals surface area contributed by atoms with Crippen LogP contribution in [0.3, 0.4) is 0 Å². The zero-order valence-electron chi connectivity index (χ0n) is 17.3. The first-order valence-electron chi connectivity index (χ1n) is 9.95. The van der Waals surface area contributed by atoms with Crippen LogP contribution < -0.4 is 15.4 Å². The van der Waals surface area contributed by atoms with Crippen molar-refractivity contribution in [3.05, 3.63) is 77.8 Å². The van der Waals surface area contributed by atoms with Crippen molar-refractivity contribution in [2.75, 3.05) is 17.7 Å². The molecule has 0 amide bonds. The Morgan fingerprint density at radius 2 is 1.85 bits per heavy atom. The Morgan fingerprint density at radius 3 is 2.67 bits per heavy atom. The topological polar surface area (TPSA) is 101 Å². The average Bonchev–Trinajstić information content (AvgIpc) is 3.21. The fourth-order valence-electron chi connectivity index (χ4n) is 3.22. The predicted octanol–water partition coefficient (Wildman–Crippen LogP) is 5.79. The Balaban J connectivity index is 1.35. The lowest BCUT2D eigenvalue weighted by molar-refractivity contribution is 0.465. The van der Waals surface area contributed by atoms with Crippen LogP contribution in [0.25, 0.3) is 22.3 Å². The van der Waals surface area contributed by atoms with Crippen LogP contribution in [0, 0.1) is 5.82 Å². The van der Waals surface area contributed by atoms with Gasteiger partial charge in [-0.25, -0.2) is 24.3 Å². The number of nitrogens with zero attached hydrogens (tertiary/aromatic N) is 4. The largest absolute Gasteiger partial charge is 0.438 e. The van der Waals surface area contributed by atoms with E-state index >= 15 is 0 Å². The van der Waals surface area contributed by atoms with Crippen LogP contribution in [0.5, 0.6) is 11.6 Å². The number of imidazole rings is 1. The molecule has 0 saturated carbocycles. The van der Waals surface area contributed by atoms with E-state index in [1.165, 1.54) is 12.1 Å². The van der Waals surface area contributed by atoms with Gasteiger partial charge < -0.3 is 20.4 Å². The first-order chi connectivity index (χ1) is 16.1. The summed E-state index contributed by atoms with van der Waals surface area (Å²) >= 11 is 5.83. The zero-order chi connectivity index (χ0) is 22.8. The molecule has 0 aliphatic carbocycles. The van der Waals surface area contributed by atoms with Gasteiger partial charge >= 0.3 is 0 Å². The number of anilines is 3. The standard InChI is InChI=1S/C23H17ClFN7O/c1-26-22-28-10-8-18(30-22)15-3-2-9-27-21(15)33-14-6-4-13(5-7-14)29-23-31-19-11-16(24)17(25)12-20(19)32-23/h2-12H,1H3,(H,26,28,30)(H2,29,31,32). The van der Waals surface area contributed by atoms with Crippen molar-refractivity contribution in [1.82, 2.24) is 24.9 Å². The Morgan fingerprint density at radius 1 is 1.00 bits per heavy atom. The van der Waals surface area contributed by atoms with Gasteiger partial charge in [-0.1, -0.05) is 11.6 Å². The summed E-state index contributed by atoms with van der Waals surface area (Å²) < 4.78 is 19.7. The molecule has 0 aliphatic heterocycles. The minimum Gasteiger partial charge on any atom is -0.438 e. The molecule has 0 spiro atoms. The Kier molecular flexibility index (Phi) is 5.45. The third-order valence-electron chi connectivity index (χ3n) is 4.78. The first kappa shape index (κ1) is 20.7. The van der Waals surface area contributed by atoms with Gasteiger partial charge in [0.25, 0.3) is 0 Å². The molecule has 10 heteroatoms. The van der Waals surface area contributed by atoms with E-state index in [2.05, 4.69) is 35.6 Å². The predicted molar refractivity (Wildman–Crippen MR) is 126 cm³/mol. The van der Waals surface area contributed by atoms with E-state index in [0.717, 1.165) is 11.3 Å². The summed E-state index contributed by atoms with van der Waals surface area (Å²) in [5.74, 6) is 1.50. The summed E-state index contributed by atoms with van der Waals surface area (Å²) in [4.78, 5) is 20.4. The van der Waals surface area contributed by atoms with Gasteiger partial charge in [0.2, 0.25) is 17.8 Å². The molecule has 2 aromatic carbocycles. The molecule has 0 atom stereocenters. The van der Waals surface area contributed by atoms with Gasteiger partial charge in [-0.05, 0) is 48.5 Å². The molecule has 8 nitrogen and oxygen atoms in total. The summed E-state index contributed by atoms with van der Waals surface area (Å²) in [5.41, 5.74) is 3.32. The minimum absolute atomic E-state index is 0.0279. The molecular weight excluding hydrogens is 445 g/mol. The van der Waals surface area contributed by atoms with Crippen LogP contribution in [0.2, 0.25) is 5.02 Å². The van der Waals surface area contributed by atoms with Crippen LogP contribution in [0.1, 0.15) is 0 Å². The number of aromatic amines is 1. The second-order valence-corrected chi connectivity index (χ2v) is 7.40. The van der Waals surface area contributed by atoms with Crippen molar-refractivity contribution in [2.24, 2.45) is 0 Å². The van der Waals surface area contributed by atoms with Crippen molar-refractivity contribution < 1.29 is 9.13 Å². The molecule has 0 radical (unpaired) electrons. The van der Waals surface area contributed by atoms with E-state index < -0.39 is 5.82 Å². The van der Waals surface area contributed by atoms with Gasteiger partial charge in [0, 0.05) is 31.2 Å². The van der Waals surface area contributed by atoms with Gasteiger partial charge in [0.1, 0.15) is 11.6 Å². The summed E-state index contributed by atoms with van der Waals surface area (Å²) in [7, 11) is 1.76. The van der Waals surface area contributed by atoms with Crippen molar-refractivity contribution in [3.8, 4) is 22.9 Å². The minimum atomic E-state index is -0.501. The van der Waals surface area contributed by atoms with Crippen molar-refractivity contribution in [1.29, 1.82) is 0 Å². The van der Waals surface area contributed by atoms with Crippen molar-refractivity contribution >= 4 is 40.2 Å². The molecule has 5 aromatic rings. The molecule has 164 valence electrons. The fraction of sp³-hybridized carbons (Fsp3) is 0.0435. The highest BCUT2D eigenvalue weighted by atomic mass is 35.5. The number of H-pyrrole nitrogens is 1. The molecule has 3 aromatic heterocycles. The fourth-order valence-corrected chi connectivity index (χ4v) is 3.37. The molecule has 0 fully saturated rings.